The number of carboxylic acid groups (broad SMARTS) is 1. The fourth-order valence-corrected chi connectivity index (χ4v) is 2.62. The number of carbonyl (C=O) groups is 2. The fourth-order valence-electron chi connectivity index (χ4n) is 2.62. The van der Waals surface area contributed by atoms with Crippen LogP contribution in [0.2, 0.25) is 0 Å². The van der Waals surface area contributed by atoms with E-state index in [4.69, 9.17) is 10.2 Å². The summed E-state index contributed by atoms with van der Waals surface area (Å²) in [6, 6.07) is 0. The Morgan fingerprint density at radius 3 is 2.00 bits per heavy atom. The summed E-state index contributed by atoms with van der Waals surface area (Å²) in [5.74, 6) is -1.08. The quantitative estimate of drug-likeness (QED) is 0.269. The second-order valence-corrected chi connectivity index (χ2v) is 6.26. The van der Waals surface area contributed by atoms with E-state index in [1.54, 1.807) is 0 Å². The van der Waals surface area contributed by atoms with Crippen LogP contribution in [0.5, 0.6) is 0 Å². The summed E-state index contributed by atoms with van der Waals surface area (Å²) in [7, 11) is 0. The van der Waals surface area contributed by atoms with Gasteiger partial charge in [0.1, 0.15) is 6.54 Å². The first-order valence-corrected chi connectivity index (χ1v) is 9.43. The van der Waals surface area contributed by atoms with Crippen LogP contribution in [0.4, 0.5) is 0 Å². The zero-order valence-electron chi connectivity index (χ0n) is 15.3. The number of aliphatic hydroxyl groups excluding tert-OH is 1. The molecule has 0 atom stereocenters. The number of aliphatic carboxylic acids is 1. The molecule has 0 saturated carbocycles. The molecule has 0 saturated heterocycles. The van der Waals surface area contributed by atoms with Crippen molar-refractivity contribution in [3.05, 3.63) is 0 Å². The van der Waals surface area contributed by atoms with E-state index in [2.05, 4.69) is 12.2 Å². The second-order valence-electron chi connectivity index (χ2n) is 6.26. The van der Waals surface area contributed by atoms with E-state index in [0.717, 1.165) is 19.3 Å². The molecule has 0 aliphatic heterocycles. The Labute approximate surface area is 175 Å². The SMILES string of the molecule is CCCCCCCCCCCC(=O)N(CCNCCO)CC(=O)O.[NaH]. The molecular formula is C18H37N2NaO4. The Morgan fingerprint density at radius 2 is 1.48 bits per heavy atom. The number of hydrogen-bond acceptors (Lipinski definition) is 4. The number of nitrogens with one attached hydrogen (secondary N) is 1. The number of aliphatic hydroxyl groups is 1. The summed E-state index contributed by atoms with van der Waals surface area (Å²) in [5, 5.41) is 20.6. The first-order valence-electron chi connectivity index (χ1n) is 9.43. The number of rotatable bonds is 17. The van der Waals surface area contributed by atoms with Crippen LogP contribution in [0.15, 0.2) is 0 Å². The third-order valence-corrected chi connectivity index (χ3v) is 4.02. The van der Waals surface area contributed by atoms with Crippen LogP contribution >= 0.6 is 0 Å². The van der Waals surface area contributed by atoms with Crippen molar-refractivity contribution in [1.29, 1.82) is 0 Å². The summed E-state index contributed by atoms with van der Waals surface area (Å²) in [5.41, 5.74) is 0. The normalized spacial score (nSPS) is 10.3. The van der Waals surface area contributed by atoms with Crippen LogP contribution in [0.3, 0.4) is 0 Å². The Bertz CT molecular complexity index is 330. The van der Waals surface area contributed by atoms with Gasteiger partial charge in [-0.05, 0) is 6.42 Å². The third kappa shape index (κ3) is 18.4. The van der Waals surface area contributed by atoms with Crippen molar-refractivity contribution in [2.45, 2.75) is 71.1 Å². The van der Waals surface area contributed by atoms with E-state index in [-0.39, 0.29) is 48.6 Å². The van der Waals surface area contributed by atoms with Gasteiger partial charge in [0, 0.05) is 26.1 Å². The molecule has 3 N–H and O–H groups in total. The summed E-state index contributed by atoms with van der Waals surface area (Å²) in [6.45, 7) is 3.31. The van der Waals surface area contributed by atoms with Crippen molar-refractivity contribution in [2.75, 3.05) is 32.8 Å². The Kier molecular flexibility index (Phi) is 21.9. The number of nitrogens with zero attached hydrogens (tertiary/aromatic N) is 1. The monoisotopic (exact) mass is 368 g/mol. The molecule has 0 fully saturated rings. The molecule has 0 aliphatic carbocycles. The molecule has 0 aliphatic rings. The van der Waals surface area contributed by atoms with E-state index in [0.29, 0.717) is 26.1 Å². The van der Waals surface area contributed by atoms with Gasteiger partial charge in [-0.2, -0.15) is 0 Å². The number of carboxylic acids is 1. The average Bonchev–Trinajstić information content (AvgIpc) is 2.55. The summed E-state index contributed by atoms with van der Waals surface area (Å²) in [6.07, 6.45) is 11.1. The zero-order valence-corrected chi connectivity index (χ0v) is 15.3. The molecule has 0 radical (unpaired) electrons. The summed E-state index contributed by atoms with van der Waals surface area (Å²) < 4.78 is 0. The molecule has 6 nitrogen and oxygen atoms in total. The van der Waals surface area contributed by atoms with Crippen LogP contribution in [0.25, 0.3) is 0 Å². The second kappa shape index (κ2) is 20.2. The molecule has 144 valence electrons. The predicted octanol–water partition coefficient (Wildman–Crippen LogP) is 1.75. The average molecular weight is 368 g/mol. The number of unbranched alkanes of at least 4 members (excludes halogenated alkanes) is 8. The van der Waals surface area contributed by atoms with Gasteiger partial charge in [0.25, 0.3) is 0 Å². The van der Waals surface area contributed by atoms with Crippen LogP contribution in [-0.2, 0) is 9.59 Å². The van der Waals surface area contributed by atoms with Crippen molar-refractivity contribution in [1.82, 2.24) is 10.2 Å². The standard InChI is InChI=1S/C18H36N2O4.Na.H/c1-2-3-4-5-6-7-8-9-10-11-17(22)20(16-18(23)24)14-12-19-13-15-21;;/h19,21H,2-16H2,1H3,(H,23,24);;. The van der Waals surface area contributed by atoms with Crippen molar-refractivity contribution in [2.24, 2.45) is 0 Å². The van der Waals surface area contributed by atoms with E-state index in [1.165, 1.54) is 43.4 Å². The minimum atomic E-state index is -0.988. The zero-order chi connectivity index (χ0) is 18.0. The van der Waals surface area contributed by atoms with Gasteiger partial charge in [-0.15, -0.1) is 0 Å². The molecule has 0 aromatic heterocycles. The Hall–Kier alpha value is -0.140. The van der Waals surface area contributed by atoms with E-state index < -0.39 is 5.97 Å². The minimum absolute atomic E-state index is 0. The van der Waals surface area contributed by atoms with Crippen molar-refractivity contribution >= 4 is 41.4 Å². The molecular weight excluding hydrogens is 331 g/mol. The van der Waals surface area contributed by atoms with E-state index in [9.17, 15) is 9.59 Å². The molecule has 0 spiro atoms. The van der Waals surface area contributed by atoms with Gasteiger partial charge in [-0.1, -0.05) is 58.3 Å². The van der Waals surface area contributed by atoms with Gasteiger partial charge in [0.2, 0.25) is 5.91 Å². The van der Waals surface area contributed by atoms with Crippen molar-refractivity contribution in [3.8, 4) is 0 Å². The summed E-state index contributed by atoms with van der Waals surface area (Å²) in [4.78, 5) is 24.4. The van der Waals surface area contributed by atoms with Gasteiger partial charge >= 0.3 is 35.5 Å². The molecule has 0 heterocycles. The number of hydrogen-bond donors (Lipinski definition) is 3. The molecule has 0 rings (SSSR count). The third-order valence-electron chi connectivity index (χ3n) is 4.02. The van der Waals surface area contributed by atoms with Crippen LogP contribution < -0.4 is 5.32 Å². The van der Waals surface area contributed by atoms with Gasteiger partial charge in [0.05, 0.1) is 6.61 Å². The van der Waals surface area contributed by atoms with Crippen LogP contribution in [0.1, 0.15) is 71.1 Å². The molecule has 7 heteroatoms. The number of amides is 1. The first-order chi connectivity index (χ1) is 11.6. The predicted molar refractivity (Wildman–Crippen MR) is 103 cm³/mol. The Balaban J connectivity index is 0. The van der Waals surface area contributed by atoms with Gasteiger partial charge in [0.15, 0.2) is 0 Å². The van der Waals surface area contributed by atoms with Crippen molar-refractivity contribution in [3.63, 3.8) is 0 Å². The maximum atomic E-state index is 12.1. The molecule has 25 heavy (non-hydrogen) atoms. The molecule has 0 aromatic rings. The van der Waals surface area contributed by atoms with Gasteiger partial charge in [-0.3, -0.25) is 9.59 Å². The topological polar surface area (TPSA) is 89.9 Å². The summed E-state index contributed by atoms with van der Waals surface area (Å²) >= 11 is 0. The fraction of sp³-hybridized carbons (Fsp3) is 0.889. The van der Waals surface area contributed by atoms with Gasteiger partial charge in [-0.25, -0.2) is 0 Å². The van der Waals surface area contributed by atoms with Crippen molar-refractivity contribution < 1.29 is 19.8 Å². The Morgan fingerprint density at radius 1 is 0.920 bits per heavy atom. The van der Waals surface area contributed by atoms with Crippen LogP contribution in [-0.4, -0.2) is 89.3 Å². The molecule has 1 amide bonds. The molecule has 0 aromatic carbocycles. The van der Waals surface area contributed by atoms with Gasteiger partial charge < -0.3 is 20.4 Å². The maximum absolute atomic E-state index is 12.1. The van der Waals surface area contributed by atoms with Crippen LogP contribution in [0, 0.1) is 0 Å². The molecule has 0 unspecified atom stereocenters. The molecule has 0 bridgehead atoms. The number of carbonyl (C=O) groups excluding carboxylic acids is 1. The van der Waals surface area contributed by atoms with E-state index in [1.807, 2.05) is 0 Å². The van der Waals surface area contributed by atoms with E-state index >= 15 is 0 Å². The first kappa shape index (κ1) is 27.1.